The topological polar surface area (TPSA) is 67.4 Å². The highest BCUT2D eigenvalue weighted by Crippen LogP contribution is 2.15. The number of guanidine groups is 1. The van der Waals surface area contributed by atoms with Crippen LogP contribution in [0.2, 0.25) is 0 Å². The molecular weight excluding hydrogens is 344 g/mol. The third kappa shape index (κ3) is 7.36. The summed E-state index contributed by atoms with van der Waals surface area (Å²) in [7, 11) is 3.46. The first kappa shape index (κ1) is 21.5. The maximum absolute atomic E-state index is 5.67. The molecule has 27 heavy (non-hydrogen) atoms. The predicted octanol–water partition coefficient (Wildman–Crippen LogP) is 1.49. The van der Waals surface area contributed by atoms with Gasteiger partial charge in [0, 0.05) is 45.9 Å². The van der Waals surface area contributed by atoms with Gasteiger partial charge in [0.05, 0.1) is 19.8 Å². The van der Waals surface area contributed by atoms with E-state index in [4.69, 9.17) is 14.2 Å². The van der Waals surface area contributed by atoms with Crippen molar-refractivity contribution in [3.05, 3.63) is 29.8 Å². The summed E-state index contributed by atoms with van der Waals surface area (Å²) in [4.78, 5) is 6.79. The van der Waals surface area contributed by atoms with E-state index in [1.165, 1.54) is 0 Å². The Hall–Kier alpha value is -1.83. The van der Waals surface area contributed by atoms with Crippen molar-refractivity contribution >= 4 is 5.96 Å². The number of nitrogens with zero attached hydrogens (tertiary/aromatic N) is 2. The van der Waals surface area contributed by atoms with Crippen LogP contribution in [0.4, 0.5) is 0 Å². The molecule has 152 valence electrons. The van der Waals surface area contributed by atoms with E-state index in [1.807, 2.05) is 18.2 Å². The zero-order valence-corrected chi connectivity index (χ0v) is 17.1. The Morgan fingerprint density at radius 2 is 2.00 bits per heavy atom. The van der Waals surface area contributed by atoms with Crippen LogP contribution in [0, 0.1) is 0 Å². The summed E-state index contributed by atoms with van der Waals surface area (Å²) in [5.74, 6) is 1.64. The van der Waals surface area contributed by atoms with Crippen molar-refractivity contribution < 1.29 is 14.2 Å². The molecule has 1 aromatic rings. The second-order valence-electron chi connectivity index (χ2n) is 7.18. The second kappa shape index (κ2) is 11.1. The maximum atomic E-state index is 5.67. The van der Waals surface area contributed by atoms with Gasteiger partial charge in [0.1, 0.15) is 12.4 Å². The summed E-state index contributed by atoms with van der Waals surface area (Å²) < 4.78 is 16.1. The quantitative estimate of drug-likeness (QED) is 0.386. The van der Waals surface area contributed by atoms with Gasteiger partial charge in [-0.2, -0.15) is 0 Å². The van der Waals surface area contributed by atoms with Gasteiger partial charge >= 0.3 is 0 Å². The summed E-state index contributed by atoms with van der Waals surface area (Å²) in [6.07, 6.45) is 0. The van der Waals surface area contributed by atoms with Gasteiger partial charge in [-0.3, -0.25) is 9.89 Å². The van der Waals surface area contributed by atoms with Gasteiger partial charge in [0.25, 0.3) is 0 Å². The maximum Gasteiger partial charge on any atom is 0.191 e. The Kier molecular flexibility index (Phi) is 8.84. The lowest BCUT2D eigenvalue weighted by molar-refractivity contribution is -0.00834. The second-order valence-corrected chi connectivity index (χ2v) is 7.18. The highest BCUT2D eigenvalue weighted by molar-refractivity contribution is 5.79. The van der Waals surface area contributed by atoms with E-state index >= 15 is 0 Å². The smallest absolute Gasteiger partial charge is 0.191 e. The van der Waals surface area contributed by atoms with Crippen LogP contribution in [0.25, 0.3) is 0 Å². The first-order valence-corrected chi connectivity index (χ1v) is 9.53. The van der Waals surface area contributed by atoms with Crippen molar-refractivity contribution in [3.63, 3.8) is 0 Å². The zero-order valence-electron chi connectivity index (χ0n) is 17.1. The molecule has 7 heteroatoms. The predicted molar refractivity (Wildman–Crippen MR) is 108 cm³/mol. The van der Waals surface area contributed by atoms with Gasteiger partial charge < -0.3 is 24.8 Å². The molecule has 0 amide bonds. The van der Waals surface area contributed by atoms with E-state index in [-0.39, 0.29) is 5.54 Å². The van der Waals surface area contributed by atoms with E-state index in [0.29, 0.717) is 19.8 Å². The lowest BCUT2D eigenvalue weighted by atomic mass is 10.0. The molecule has 1 fully saturated rings. The first-order valence-electron chi connectivity index (χ1n) is 9.53. The van der Waals surface area contributed by atoms with Gasteiger partial charge in [-0.05, 0) is 31.5 Å². The van der Waals surface area contributed by atoms with Crippen LogP contribution >= 0.6 is 0 Å². The Balaban J connectivity index is 1.80. The molecule has 0 spiro atoms. The Morgan fingerprint density at radius 1 is 1.22 bits per heavy atom. The average Bonchev–Trinajstić information content (AvgIpc) is 2.69. The fraction of sp³-hybridized carbons (Fsp3) is 0.650. The van der Waals surface area contributed by atoms with Gasteiger partial charge in [-0.15, -0.1) is 0 Å². The van der Waals surface area contributed by atoms with Gasteiger partial charge in [-0.1, -0.05) is 12.1 Å². The van der Waals surface area contributed by atoms with Crippen LogP contribution in [-0.4, -0.2) is 76.6 Å². The molecule has 1 aliphatic rings. The summed E-state index contributed by atoms with van der Waals surface area (Å²) in [5, 5.41) is 6.81. The Labute approximate surface area is 163 Å². The van der Waals surface area contributed by atoms with Crippen LogP contribution in [0.15, 0.2) is 29.3 Å². The molecule has 0 saturated carbocycles. The van der Waals surface area contributed by atoms with Crippen LogP contribution in [0.1, 0.15) is 19.4 Å². The highest BCUT2D eigenvalue weighted by Gasteiger charge is 2.28. The Bertz CT molecular complexity index is 586. The number of nitrogens with one attached hydrogen (secondary N) is 2. The molecule has 2 N–H and O–H groups in total. The summed E-state index contributed by atoms with van der Waals surface area (Å²) in [6.45, 7) is 10.7. The number of hydrogen-bond acceptors (Lipinski definition) is 5. The van der Waals surface area contributed by atoms with Gasteiger partial charge in [0.2, 0.25) is 0 Å². The van der Waals surface area contributed by atoms with Gasteiger partial charge in [0.15, 0.2) is 5.96 Å². The molecule has 7 nitrogen and oxygen atoms in total. The minimum atomic E-state index is 0.0382. The van der Waals surface area contributed by atoms with E-state index in [9.17, 15) is 0 Å². The molecule has 0 aromatic heterocycles. The molecule has 2 rings (SSSR count). The Morgan fingerprint density at radius 3 is 2.70 bits per heavy atom. The number of ether oxygens (including phenoxy) is 3. The molecule has 1 aromatic carbocycles. The van der Waals surface area contributed by atoms with Crippen LogP contribution in [0.5, 0.6) is 5.75 Å². The number of methoxy groups -OCH3 is 1. The molecule has 0 aliphatic carbocycles. The number of rotatable bonds is 9. The minimum absolute atomic E-state index is 0.0382. The third-order valence-corrected chi connectivity index (χ3v) is 4.69. The third-order valence-electron chi connectivity index (χ3n) is 4.69. The number of aliphatic imine (C=N–C) groups is 1. The van der Waals surface area contributed by atoms with Crippen LogP contribution in [-0.2, 0) is 16.0 Å². The van der Waals surface area contributed by atoms with E-state index in [1.54, 1.807) is 14.2 Å². The number of hydrogen-bond donors (Lipinski definition) is 2. The lowest BCUT2D eigenvalue weighted by Gasteiger charge is -2.41. The van der Waals surface area contributed by atoms with Crippen LogP contribution < -0.4 is 15.4 Å². The molecular formula is C20H34N4O3. The molecule has 1 saturated heterocycles. The number of benzene rings is 1. The standard InChI is InChI=1S/C20H34N4O3/c1-20(2,24-8-10-26-11-9-24)16-23-19(21-3)22-15-17-6-5-7-18(14-17)27-13-12-25-4/h5-7,14H,8-13,15-16H2,1-4H3,(H2,21,22,23). The van der Waals surface area contributed by atoms with Crippen LogP contribution in [0.3, 0.4) is 0 Å². The molecule has 0 unspecified atom stereocenters. The van der Waals surface area contributed by atoms with E-state index in [0.717, 1.165) is 50.1 Å². The zero-order chi connectivity index (χ0) is 19.5. The van der Waals surface area contributed by atoms with E-state index in [2.05, 4.69) is 40.4 Å². The van der Waals surface area contributed by atoms with Crippen molar-refractivity contribution in [1.29, 1.82) is 0 Å². The molecule has 0 atom stereocenters. The monoisotopic (exact) mass is 378 g/mol. The minimum Gasteiger partial charge on any atom is -0.491 e. The highest BCUT2D eigenvalue weighted by atomic mass is 16.5. The first-order chi connectivity index (χ1) is 13.0. The molecule has 1 aliphatic heterocycles. The van der Waals surface area contributed by atoms with Crippen molar-refractivity contribution in [3.8, 4) is 5.75 Å². The largest absolute Gasteiger partial charge is 0.491 e. The molecule has 1 heterocycles. The van der Waals surface area contributed by atoms with Gasteiger partial charge in [-0.25, -0.2) is 0 Å². The molecule has 0 radical (unpaired) electrons. The SMILES string of the molecule is CN=C(NCc1cccc(OCCOC)c1)NCC(C)(C)N1CCOCC1. The van der Waals surface area contributed by atoms with Crippen molar-refractivity contribution in [2.45, 2.75) is 25.9 Å². The fourth-order valence-corrected chi connectivity index (χ4v) is 2.97. The lowest BCUT2D eigenvalue weighted by Crippen LogP contribution is -2.56. The summed E-state index contributed by atoms with van der Waals surface area (Å²) in [5.41, 5.74) is 1.18. The average molecular weight is 379 g/mol. The number of morpholine rings is 1. The summed E-state index contributed by atoms with van der Waals surface area (Å²) >= 11 is 0. The van der Waals surface area contributed by atoms with Crippen molar-refractivity contribution in [2.24, 2.45) is 4.99 Å². The van der Waals surface area contributed by atoms with Crippen molar-refractivity contribution in [2.75, 3.05) is 60.2 Å². The molecule has 0 bridgehead atoms. The fourth-order valence-electron chi connectivity index (χ4n) is 2.97. The van der Waals surface area contributed by atoms with E-state index < -0.39 is 0 Å². The normalized spacial score (nSPS) is 16.2. The summed E-state index contributed by atoms with van der Waals surface area (Å²) in [6, 6.07) is 8.06. The van der Waals surface area contributed by atoms with Crippen molar-refractivity contribution in [1.82, 2.24) is 15.5 Å².